The fourth-order valence-electron chi connectivity index (χ4n) is 2.59. The number of rotatable bonds is 3. The van der Waals surface area contributed by atoms with Crippen molar-refractivity contribution in [3.8, 4) is 10.4 Å². The summed E-state index contributed by atoms with van der Waals surface area (Å²) in [7, 11) is 0. The molecule has 116 valence electrons. The van der Waals surface area contributed by atoms with Gasteiger partial charge < -0.3 is 15.8 Å². The van der Waals surface area contributed by atoms with Crippen molar-refractivity contribution in [1.29, 1.82) is 0 Å². The molecule has 1 aromatic carbocycles. The number of amides is 1. The molecule has 0 saturated carbocycles. The zero-order chi connectivity index (χ0) is 15.5. The number of nitrogen functional groups attached to an aromatic ring is 1. The van der Waals surface area contributed by atoms with Crippen molar-refractivity contribution >= 4 is 28.6 Å². The Balaban J connectivity index is 1.79. The molecular formula is C17H20N2O2S. The summed E-state index contributed by atoms with van der Waals surface area (Å²) in [4.78, 5) is 13.5. The normalized spacial score (nSPS) is 15.7. The highest BCUT2D eigenvalue weighted by molar-refractivity contribution is 7.13. The first-order valence-electron chi connectivity index (χ1n) is 7.47. The van der Waals surface area contributed by atoms with Crippen LogP contribution in [0.3, 0.4) is 0 Å². The van der Waals surface area contributed by atoms with Gasteiger partial charge in [-0.1, -0.05) is 6.07 Å². The lowest BCUT2D eigenvalue weighted by Crippen LogP contribution is -2.28. The summed E-state index contributed by atoms with van der Waals surface area (Å²) in [5.74, 6) is 0.0512. The first kappa shape index (κ1) is 15.1. The number of benzene rings is 1. The maximum absolute atomic E-state index is 12.4. The van der Waals surface area contributed by atoms with E-state index in [-0.39, 0.29) is 11.8 Å². The lowest BCUT2D eigenvalue weighted by atomic mass is 9.99. The second-order valence-corrected chi connectivity index (χ2v) is 6.58. The molecule has 0 unspecified atom stereocenters. The van der Waals surface area contributed by atoms with Gasteiger partial charge in [0.2, 0.25) is 5.91 Å². The van der Waals surface area contributed by atoms with Gasteiger partial charge in [0.15, 0.2) is 0 Å². The van der Waals surface area contributed by atoms with Crippen LogP contribution < -0.4 is 11.1 Å². The molecule has 1 aromatic heterocycles. The first-order valence-corrected chi connectivity index (χ1v) is 8.35. The van der Waals surface area contributed by atoms with Gasteiger partial charge in [0.25, 0.3) is 0 Å². The van der Waals surface area contributed by atoms with Crippen LogP contribution in [0.5, 0.6) is 0 Å². The smallest absolute Gasteiger partial charge is 0.227 e. The van der Waals surface area contributed by atoms with Gasteiger partial charge in [0.1, 0.15) is 0 Å². The highest BCUT2D eigenvalue weighted by Gasteiger charge is 2.22. The Morgan fingerprint density at radius 1 is 1.32 bits per heavy atom. The molecule has 4 nitrogen and oxygen atoms in total. The van der Waals surface area contributed by atoms with E-state index in [0.717, 1.165) is 18.4 Å². The largest absolute Gasteiger partial charge is 0.397 e. The van der Waals surface area contributed by atoms with Crippen molar-refractivity contribution < 1.29 is 9.53 Å². The molecule has 1 aliphatic rings. The van der Waals surface area contributed by atoms with Crippen LogP contribution in [0.25, 0.3) is 10.4 Å². The maximum atomic E-state index is 12.4. The third-order valence-electron chi connectivity index (χ3n) is 3.92. The maximum Gasteiger partial charge on any atom is 0.227 e. The van der Waals surface area contributed by atoms with Gasteiger partial charge in [0.05, 0.1) is 11.4 Å². The topological polar surface area (TPSA) is 64.3 Å². The second-order valence-electron chi connectivity index (χ2n) is 5.67. The van der Waals surface area contributed by atoms with Gasteiger partial charge >= 0.3 is 0 Å². The van der Waals surface area contributed by atoms with E-state index in [1.807, 2.05) is 18.2 Å². The van der Waals surface area contributed by atoms with Crippen LogP contribution in [0.15, 0.2) is 29.6 Å². The van der Waals surface area contributed by atoms with Crippen molar-refractivity contribution in [3.63, 3.8) is 0 Å². The Labute approximate surface area is 134 Å². The van der Waals surface area contributed by atoms with E-state index in [0.29, 0.717) is 24.6 Å². The zero-order valence-electron chi connectivity index (χ0n) is 12.6. The van der Waals surface area contributed by atoms with Gasteiger partial charge in [-0.3, -0.25) is 4.79 Å². The Morgan fingerprint density at radius 2 is 2.09 bits per heavy atom. The molecule has 1 aliphatic heterocycles. The van der Waals surface area contributed by atoms with E-state index >= 15 is 0 Å². The fraction of sp³-hybridized carbons (Fsp3) is 0.353. The van der Waals surface area contributed by atoms with Crippen LogP contribution in [-0.4, -0.2) is 19.1 Å². The number of nitrogens with one attached hydrogen (secondary N) is 1. The van der Waals surface area contributed by atoms with Crippen molar-refractivity contribution in [2.24, 2.45) is 5.92 Å². The Bertz CT molecular complexity index is 675. The first-order chi connectivity index (χ1) is 10.6. The number of aryl methyl sites for hydroxylation is 1. The van der Waals surface area contributed by atoms with Gasteiger partial charge in [-0.25, -0.2) is 0 Å². The zero-order valence-corrected chi connectivity index (χ0v) is 13.4. The average molecular weight is 316 g/mol. The Hall–Kier alpha value is -1.85. The van der Waals surface area contributed by atoms with E-state index in [4.69, 9.17) is 10.5 Å². The van der Waals surface area contributed by atoms with Crippen LogP contribution in [0.2, 0.25) is 0 Å². The number of carbonyl (C=O) groups is 1. The highest BCUT2D eigenvalue weighted by Crippen LogP contribution is 2.32. The summed E-state index contributed by atoms with van der Waals surface area (Å²) in [6.45, 7) is 3.38. The summed E-state index contributed by atoms with van der Waals surface area (Å²) in [6, 6.07) is 7.94. The lowest BCUT2D eigenvalue weighted by molar-refractivity contribution is -0.122. The predicted molar refractivity (Wildman–Crippen MR) is 91.1 cm³/mol. The molecule has 1 amide bonds. The summed E-state index contributed by atoms with van der Waals surface area (Å²) >= 11 is 1.69. The monoisotopic (exact) mass is 316 g/mol. The predicted octanol–water partition coefficient (Wildman–Crippen LogP) is 3.67. The van der Waals surface area contributed by atoms with Crippen molar-refractivity contribution in [3.05, 3.63) is 35.2 Å². The molecule has 22 heavy (non-hydrogen) atoms. The number of hydrogen-bond acceptors (Lipinski definition) is 4. The van der Waals surface area contributed by atoms with Crippen LogP contribution in [0, 0.1) is 12.8 Å². The van der Waals surface area contributed by atoms with E-state index < -0.39 is 0 Å². The number of hydrogen-bond donors (Lipinski definition) is 2. The minimum Gasteiger partial charge on any atom is -0.397 e. The summed E-state index contributed by atoms with van der Waals surface area (Å²) < 4.78 is 5.30. The minimum atomic E-state index is 0.0146. The average Bonchev–Trinajstić information content (AvgIpc) is 2.97. The van der Waals surface area contributed by atoms with Gasteiger partial charge in [0, 0.05) is 24.0 Å². The van der Waals surface area contributed by atoms with Crippen LogP contribution >= 0.6 is 11.3 Å². The van der Waals surface area contributed by atoms with Crippen LogP contribution in [0.4, 0.5) is 11.4 Å². The molecule has 3 N–H and O–H groups in total. The molecule has 2 aromatic rings. The highest BCUT2D eigenvalue weighted by atomic mass is 32.1. The van der Waals surface area contributed by atoms with E-state index in [1.165, 1.54) is 10.4 Å². The third-order valence-corrected chi connectivity index (χ3v) is 5.02. The van der Waals surface area contributed by atoms with Gasteiger partial charge in [-0.2, -0.15) is 0 Å². The van der Waals surface area contributed by atoms with Crippen molar-refractivity contribution in [2.45, 2.75) is 19.8 Å². The molecule has 3 rings (SSSR count). The van der Waals surface area contributed by atoms with Crippen molar-refractivity contribution in [1.82, 2.24) is 0 Å². The quantitative estimate of drug-likeness (QED) is 0.849. The molecular weight excluding hydrogens is 296 g/mol. The number of ether oxygens (including phenoxy) is 1. The molecule has 0 radical (unpaired) electrons. The van der Waals surface area contributed by atoms with Gasteiger partial charge in [-0.15, -0.1) is 11.3 Å². The molecule has 0 atom stereocenters. The molecule has 5 heteroatoms. The van der Waals surface area contributed by atoms with E-state index in [9.17, 15) is 4.79 Å². The fourth-order valence-corrected chi connectivity index (χ4v) is 3.49. The molecule has 0 spiro atoms. The summed E-state index contributed by atoms with van der Waals surface area (Å²) in [6.07, 6.45) is 1.55. The van der Waals surface area contributed by atoms with Crippen LogP contribution in [0.1, 0.15) is 18.4 Å². The third kappa shape index (κ3) is 3.31. The van der Waals surface area contributed by atoms with Crippen LogP contribution in [-0.2, 0) is 9.53 Å². The second kappa shape index (κ2) is 6.50. The minimum absolute atomic E-state index is 0.0146. The molecule has 0 aliphatic carbocycles. The number of thiophene rings is 1. The summed E-state index contributed by atoms with van der Waals surface area (Å²) in [5.41, 5.74) is 9.62. The Morgan fingerprint density at radius 3 is 2.77 bits per heavy atom. The van der Waals surface area contributed by atoms with Crippen molar-refractivity contribution in [2.75, 3.05) is 24.3 Å². The van der Waals surface area contributed by atoms with E-state index in [2.05, 4.69) is 23.7 Å². The molecule has 1 saturated heterocycles. The number of anilines is 2. The molecule has 0 bridgehead atoms. The number of carbonyl (C=O) groups excluding carboxylic acids is 1. The lowest BCUT2D eigenvalue weighted by Gasteiger charge is -2.21. The standard InChI is InChI=1S/C17H20N2O2S/c1-11-8-16(22-10-11)13-2-3-14(18)15(9-13)19-17(20)12-4-6-21-7-5-12/h2-3,8-10,12H,4-7,18H2,1H3,(H,19,20). The SMILES string of the molecule is Cc1csc(-c2ccc(N)c(NC(=O)C3CCOCC3)c2)c1. The summed E-state index contributed by atoms with van der Waals surface area (Å²) in [5, 5.41) is 5.10. The van der Waals surface area contributed by atoms with Gasteiger partial charge in [-0.05, 0) is 54.5 Å². The number of nitrogens with two attached hydrogens (primary N) is 1. The Kier molecular flexibility index (Phi) is 4.45. The molecule has 1 fully saturated rings. The molecule has 2 heterocycles. The van der Waals surface area contributed by atoms with E-state index in [1.54, 1.807) is 11.3 Å².